The quantitative estimate of drug-likeness (QED) is 0.867. The minimum Gasteiger partial charge on any atom is -0.304 e. The summed E-state index contributed by atoms with van der Waals surface area (Å²) in [6, 6.07) is 2.21. The van der Waals surface area contributed by atoms with E-state index in [0.29, 0.717) is 0 Å². The number of fused-ring (bicyclic) bond motifs is 1. The highest BCUT2D eigenvalue weighted by atomic mass is 16.1. The fourth-order valence-corrected chi connectivity index (χ4v) is 3.14. The van der Waals surface area contributed by atoms with Crippen molar-refractivity contribution >= 4 is 11.0 Å². The number of aromatic nitrogens is 3. The van der Waals surface area contributed by atoms with E-state index in [1.54, 1.807) is 12.4 Å². The zero-order valence-electron chi connectivity index (χ0n) is 12.4. The van der Waals surface area contributed by atoms with Gasteiger partial charge in [-0.1, -0.05) is 0 Å². The Hall–Kier alpha value is -1.62. The Morgan fingerprint density at radius 3 is 2.65 bits per heavy atom. The predicted molar refractivity (Wildman–Crippen MR) is 80.0 cm³/mol. The van der Waals surface area contributed by atoms with E-state index in [9.17, 15) is 4.79 Å². The first-order valence-electron chi connectivity index (χ1n) is 7.26. The van der Waals surface area contributed by atoms with E-state index in [4.69, 9.17) is 0 Å². The van der Waals surface area contributed by atoms with Gasteiger partial charge in [0, 0.05) is 30.9 Å². The molecule has 0 atom stereocenters. The smallest absolute Gasteiger partial charge is 0.304 e. The second-order valence-corrected chi connectivity index (χ2v) is 6.58. The maximum atomic E-state index is 12.2. The minimum absolute atomic E-state index is 0.0118. The SMILES string of the molecule is CC(C)(C)N1CCC(n2c(=O)[nH]c3cnccc32)CC1. The normalized spacial score (nSPS) is 18.8. The summed E-state index contributed by atoms with van der Waals surface area (Å²) >= 11 is 0. The van der Waals surface area contributed by atoms with Crippen molar-refractivity contribution in [1.82, 2.24) is 19.4 Å². The summed E-state index contributed by atoms with van der Waals surface area (Å²) in [6.45, 7) is 8.82. The van der Waals surface area contributed by atoms with E-state index in [-0.39, 0.29) is 17.3 Å². The van der Waals surface area contributed by atoms with Gasteiger partial charge in [-0.25, -0.2) is 4.79 Å². The molecule has 2 aromatic rings. The van der Waals surface area contributed by atoms with Crippen LogP contribution < -0.4 is 5.69 Å². The highest BCUT2D eigenvalue weighted by Gasteiger charge is 2.28. The number of pyridine rings is 1. The van der Waals surface area contributed by atoms with Gasteiger partial charge in [0.25, 0.3) is 0 Å². The minimum atomic E-state index is -0.0118. The van der Waals surface area contributed by atoms with Crippen LogP contribution in [0.25, 0.3) is 11.0 Å². The average Bonchev–Trinajstić information content (AvgIpc) is 2.73. The van der Waals surface area contributed by atoms with E-state index >= 15 is 0 Å². The van der Waals surface area contributed by atoms with Crippen molar-refractivity contribution in [3.63, 3.8) is 0 Å². The molecule has 5 heteroatoms. The Bertz CT molecular complexity index is 656. The molecule has 5 nitrogen and oxygen atoms in total. The summed E-state index contributed by atoms with van der Waals surface area (Å²) in [6.07, 6.45) is 5.51. The molecule has 0 radical (unpaired) electrons. The van der Waals surface area contributed by atoms with Gasteiger partial charge in [-0.15, -0.1) is 0 Å². The molecule has 1 N–H and O–H groups in total. The van der Waals surface area contributed by atoms with Gasteiger partial charge in [0.05, 0.1) is 17.2 Å². The monoisotopic (exact) mass is 274 g/mol. The number of aromatic amines is 1. The van der Waals surface area contributed by atoms with Gasteiger partial charge >= 0.3 is 5.69 Å². The first kappa shape index (κ1) is 13.4. The van der Waals surface area contributed by atoms with Crippen LogP contribution in [0.2, 0.25) is 0 Å². The van der Waals surface area contributed by atoms with Crippen molar-refractivity contribution in [1.29, 1.82) is 0 Å². The second-order valence-electron chi connectivity index (χ2n) is 6.58. The highest BCUT2D eigenvalue weighted by Crippen LogP contribution is 2.28. The third kappa shape index (κ3) is 2.26. The third-order valence-electron chi connectivity index (χ3n) is 4.30. The van der Waals surface area contributed by atoms with Crippen molar-refractivity contribution in [2.75, 3.05) is 13.1 Å². The lowest BCUT2D eigenvalue weighted by Gasteiger charge is -2.41. The van der Waals surface area contributed by atoms with Crippen LogP contribution in [0.4, 0.5) is 0 Å². The molecule has 0 saturated carbocycles. The lowest BCUT2D eigenvalue weighted by molar-refractivity contribution is 0.0900. The van der Waals surface area contributed by atoms with Crippen molar-refractivity contribution in [2.45, 2.75) is 45.2 Å². The molecule has 0 spiro atoms. The van der Waals surface area contributed by atoms with Crippen LogP contribution in [0.3, 0.4) is 0 Å². The maximum Gasteiger partial charge on any atom is 0.326 e. The van der Waals surface area contributed by atoms with E-state index < -0.39 is 0 Å². The van der Waals surface area contributed by atoms with E-state index in [0.717, 1.165) is 37.0 Å². The maximum absolute atomic E-state index is 12.2. The van der Waals surface area contributed by atoms with E-state index in [1.165, 1.54) is 0 Å². The molecule has 1 fully saturated rings. The molecule has 0 aliphatic carbocycles. The number of nitrogens with one attached hydrogen (secondary N) is 1. The highest BCUT2D eigenvalue weighted by molar-refractivity contribution is 5.73. The van der Waals surface area contributed by atoms with Gasteiger partial charge in [0.1, 0.15) is 0 Å². The van der Waals surface area contributed by atoms with Gasteiger partial charge in [-0.2, -0.15) is 0 Å². The zero-order valence-corrected chi connectivity index (χ0v) is 12.4. The van der Waals surface area contributed by atoms with Crippen LogP contribution in [-0.4, -0.2) is 38.1 Å². The summed E-state index contributed by atoms with van der Waals surface area (Å²) in [7, 11) is 0. The van der Waals surface area contributed by atoms with Crippen LogP contribution in [-0.2, 0) is 0 Å². The number of rotatable bonds is 1. The topological polar surface area (TPSA) is 53.9 Å². The summed E-state index contributed by atoms with van der Waals surface area (Å²) in [5.74, 6) is 0. The average molecular weight is 274 g/mol. The van der Waals surface area contributed by atoms with E-state index in [2.05, 4.69) is 35.6 Å². The first-order chi connectivity index (χ1) is 9.47. The lowest BCUT2D eigenvalue weighted by atomic mass is 9.98. The standard InChI is InChI=1S/C15H22N4O/c1-15(2,3)18-8-5-11(6-9-18)19-13-4-7-16-10-12(13)17-14(19)20/h4,7,10-11H,5-6,8-9H2,1-3H3,(H,17,20). The molecule has 0 amide bonds. The van der Waals surface area contributed by atoms with Crippen LogP contribution in [0.5, 0.6) is 0 Å². The van der Waals surface area contributed by atoms with Crippen LogP contribution >= 0.6 is 0 Å². The molecular formula is C15H22N4O. The largest absolute Gasteiger partial charge is 0.326 e. The summed E-state index contributed by atoms with van der Waals surface area (Å²) < 4.78 is 1.91. The first-order valence-corrected chi connectivity index (χ1v) is 7.26. The number of nitrogens with zero attached hydrogens (tertiary/aromatic N) is 3. The third-order valence-corrected chi connectivity index (χ3v) is 4.30. The fourth-order valence-electron chi connectivity index (χ4n) is 3.14. The van der Waals surface area contributed by atoms with Crippen molar-refractivity contribution in [2.24, 2.45) is 0 Å². The molecule has 2 aromatic heterocycles. The van der Waals surface area contributed by atoms with Gasteiger partial charge in [-0.05, 0) is 39.7 Å². The molecule has 1 saturated heterocycles. The van der Waals surface area contributed by atoms with Gasteiger partial charge < -0.3 is 4.98 Å². The Kier molecular flexibility index (Phi) is 3.17. The Balaban J connectivity index is 1.87. The number of piperidine rings is 1. The molecule has 20 heavy (non-hydrogen) atoms. The van der Waals surface area contributed by atoms with Crippen LogP contribution in [0, 0.1) is 0 Å². The van der Waals surface area contributed by atoms with Crippen LogP contribution in [0.1, 0.15) is 39.7 Å². The van der Waals surface area contributed by atoms with Gasteiger partial charge in [-0.3, -0.25) is 14.5 Å². The van der Waals surface area contributed by atoms with Crippen molar-refractivity contribution in [3.8, 4) is 0 Å². The molecule has 3 heterocycles. The second kappa shape index (κ2) is 4.74. The van der Waals surface area contributed by atoms with Crippen LogP contribution in [0.15, 0.2) is 23.3 Å². The molecule has 3 rings (SSSR count). The number of hydrogen-bond acceptors (Lipinski definition) is 3. The molecule has 108 valence electrons. The molecule has 0 unspecified atom stereocenters. The Morgan fingerprint density at radius 2 is 2.00 bits per heavy atom. The molecule has 1 aliphatic heterocycles. The number of likely N-dealkylation sites (tertiary alicyclic amines) is 1. The summed E-state index contributed by atoms with van der Waals surface area (Å²) in [4.78, 5) is 21.6. The molecule has 1 aliphatic rings. The van der Waals surface area contributed by atoms with Gasteiger partial charge in [0.15, 0.2) is 0 Å². The lowest BCUT2D eigenvalue weighted by Crippen LogP contribution is -2.47. The number of H-pyrrole nitrogens is 1. The molecule has 0 aromatic carbocycles. The zero-order chi connectivity index (χ0) is 14.3. The molecular weight excluding hydrogens is 252 g/mol. The van der Waals surface area contributed by atoms with Crippen molar-refractivity contribution < 1.29 is 0 Å². The number of hydrogen-bond donors (Lipinski definition) is 1. The summed E-state index contributed by atoms with van der Waals surface area (Å²) in [5.41, 5.74) is 2.00. The van der Waals surface area contributed by atoms with Gasteiger partial charge in [0.2, 0.25) is 0 Å². The Morgan fingerprint density at radius 1 is 1.30 bits per heavy atom. The van der Waals surface area contributed by atoms with Crippen molar-refractivity contribution in [3.05, 3.63) is 28.9 Å². The van der Waals surface area contributed by atoms with E-state index in [1.807, 2.05) is 10.6 Å². The number of imidazole rings is 1. The fraction of sp³-hybridized carbons (Fsp3) is 0.600. The predicted octanol–water partition coefficient (Wildman–Crippen LogP) is 2.16. The summed E-state index contributed by atoms with van der Waals surface area (Å²) in [5, 5.41) is 0. The molecule has 0 bridgehead atoms. The Labute approximate surface area is 118 Å².